The Labute approximate surface area is 66.2 Å². The SMILES string of the molecule is C=[N+]1C=CC2=C1C=CCCN2. The molecule has 0 amide bonds. The molecule has 0 radical (unpaired) electrons. The highest BCUT2D eigenvalue weighted by Gasteiger charge is 2.18. The van der Waals surface area contributed by atoms with Gasteiger partial charge in [0.2, 0.25) is 5.70 Å². The van der Waals surface area contributed by atoms with Crippen LogP contribution in [0.3, 0.4) is 0 Å². The smallest absolute Gasteiger partial charge is 0.233 e. The third-order valence-corrected chi connectivity index (χ3v) is 1.91. The standard InChI is InChI=1S/C9H11N2/c1-11-7-5-8-9(11)4-2-3-6-10-8/h2,4-5,7,10H,1,3,6H2/q+1. The Kier molecular flexibility index (Phi) is 1.39. The van der Waals surface area contributed by atoms with Crippen molar-refractivity contribution in [1.82, 2.24) is 5.32 Å². The van der Waals surface area contributed by atoms with Crippen LogP contribution in [0.4, 0.5) is 0 Å². The first-order valence-corrected chi connectivity index (χ1v) is 3.80. The van der Waals surface area contributed by atoms with Gasteiger partial charge >= 0.3 is 0 Å². The van der Waals surface area contributed by atoms with Gasteiger partial charge in [-0.05, 0) is 6.42 Å². The molecule has 0 aromatic carbocycles. The number of hydrogen-bond acceptors (Lipinski definition) is 1. The fraction of sp³-hybridized carbons (Fsp3) is 0.222. The predicted molar refractivity (Wildman–Crippen MR) is 45.3 cm³/mol. The van der Waals surface area contributed by atoms with Gasteiger partial charge < -0.3 is 5.32 Å². The Morgan fingerprint density at radius 1 is 1.45 bits per heavy atom. The fourth-order valence-corrected chi connectivity index (χ4v) is 1.31. The number of nitrogens with zero attached hydrogens (tertiary/aromatic N) is 1. The van der Waals surface area contributed by atoms with Crippen LogP contribution in [-0.4, -0.2) is 17.8 Å². The molecule has 0 bridgehead atoms. The van der Waals surface area contributed by atoms with Crippen LogP contribution in [0.1, 0.15) is 6.42 Å². The molecule has 0 unspecified atom stereocenters. The van der Waals surface area contributed by atoms with Gasteiger partial charge in [-0.15, -0.1) is 0 Å². The van der Waals surface area contributed by atoms with E-state index in [0.717, 1.165) is 13.0 Å². The van der Waals surface area contributed by atoms with Crippen molar-refractivity contribution < 1.29 is 4.58 Å². The van der Waals surface area contributed by atoms with Crippen molar-refractivity contribution in [1.29, 1.82) is 0 Å². The van der Waals surface area contributed by atoms with Crippen LogP contribution in [-0.2, 0) is 0 Å². The van der Waals surface area contributed by atoms with Crippen molar-refractivity contribution >= 4 is 6.72 Å². The lowest BCUT2D eigenvalue weighted by molar-refractivity contribution is -0.380. The van der Waals surface area contributed by atoms with E-state index >= 15 is 0 Å². The zero-order chi connectivity index (χ0) is 7.68. The molecule has 0 aromatic heterocycles. The van der Waals surface area contributed by atoms with E-state index in [1.165, 1.54) is 11.4 Å². The van der Waals surface area contributed by atoms with Crippen LogP contribution in [0, 0.1) is 0 Å². The van der Waals surface area contributed by atoms with E-state index in [0.29, 0.717) is 0 Å². The Morgan fingerprint density at radius 2 is 2.36 bits per heavy atom. The molecule has 2 nitrogen and oxygen atoms in total. The van der Waals surface area contributed by atoms with Gasteiger partial charge in [-0.25, -0.2) is 0 Å². The molecule has 0 saturated carbocycles. The van der Waals surface area contributed by atoms with Crippen LogP contribution in [0.5, 0.6) is 0 Å². The summed E-state index contributed by atoms with van der Waals surface area (Å²) in [6, 6.07) is 0. The second kappa shape index (κ2) is 2.38. The van der Waals surface area contributed by atoms with Crippen LogP contribution in [0.25, 0.3) is 0 Å². The lowest BCUT2D eigenvalue weighted by Gasteiger charge is -1.97. The average Bonchev–Trinajstić information content (AvgIpc) is 2.25. The molecule has 2 heterocycles. The van der Waals surface area contributed by atoms with Crippen LogP contribution < -0.4 is 5.32 Å². The van der Waals surface area contributed by atoms with Gasteiger partial charge in [-0.2, -0.15) is 4.58 Å². The number of rotatable bonds is 0. The molecule has 2 rings (SSSR count). The number of nitrogens with one attached hydrogen (secondary N) is 1. The summed E-state index contributed by atoms with van der Waals surface area (Å²) >= 11 is 0. The lowest BCUT2D eigenvalue weighted by Crippen LogP contribution is -2.12. The minimum Gasteiger partial charge on any atom is -0.379 e. The molecule has 0 saturated heterocycles. The van der Waals surface area contributed by atoms with Gasteiger partial charge in [0.15, 0.2) is 6.20 Å². The van der Waals surface area contributed by atoms with Crippen molar-refractivity contribution in [3.63, 3.8) is 0 Å². The minimum atomic E-state index is 1.02. The summed E-state index contributed by atoms with van der Waals surface area (Å²) in [5.41, 5.74) is 2.36. The lowest BCUT2D eigenvalue weighted by atomic mass is 10.3. The third kappa shape index (κ3) is 1.00. The van der Waals surface area contributed by atoms with Crippen LogP contribution in [0.2, 0.25) is 0 Å². The summed E-state index contributed by atoms with van der Waals surface area (Å²) in [5, 5.41) is 3.32. The van der Waals surface area contributed by atoms with E-state index in [-0.39, 0.29) is 0 Å². The van der Waals surface area contributed by atoms with E-state index in [2.05, 4.69) is 30.3 Å². The Morgan fingerprint density at radius 3 is 3.27 bits per heavy atom. The van der Waals surface area contributed by atoms with Gasteiger partial charge in [0.1, 0.15) is 12.4 Å². The van der Waals surface area contributed by atoms with E-state index in [4.69, 9.17) is 0 Å². The topological polar surface area (TPSA) is 15.0 Å². The average molecular weight is 147 g/mol. The van der Waals surface area contributed by atoms with Crippen LogP contribution >= 0.6 is 0 Å². The molecule has 56 valence electrons. The maximum absolute atomic E-state index is 3.86. The molecule has 2 aliphatic heterocycles. The fourth-order valence-electron chi connectivity index (χ4n) is 1.31. The Balaban J connectivity index is 2.39. The molecule has 0 spiro atoms. The van der Waals surface area contributed by atoms with E-state index < -0.39 is 0 Å². The maximum Gasteiger partial charge on any atom is 0.233 e. The van der Waals surface area contributed by atoms with Crippen molar-refractivity contribution in [2.24, 2.45) is 0 Å². The highest BCUT2D eigenvalue weighted by atomic mass is 15.0. The third-order valence-electron chi connectivity index (χ3n) is 1.91. The van der Waals surface area contributed by atoms with E-state index in [9.17, 15) is 0 Å². The molecule has 0 aromatic rings. The van der Waals surface area contributed by atoms with Gasteiger partial charge in [-0.1, -0.05) is 6.08 Å². The quantitative estimate of drug-likeness (QED) is 0.505. The van der Waals surface area contributed by atoms with Crippen molar-refractivity contribution in [3.8, 4) is 0 Å². The normalized spacial score (nSPS) is 21.6. The molecule has 11 heavy (non-hydrogen) atoms. The summed E-state index contributed by atoms with van der Waals surface area (Å²) in [7, 11) is 0. The van der Waals surface area contributed by atoms with Crippen LogP contribution in [0.15, 0.2) is 35.8 Å². The summed E-state index contributed by atoms with van der Waals surface area (Å²) in [6.45, 7) is 4.88. The predicted octanol–water partition coefficient (Wildman–Crippen LogP) is 0.988. The largest absolute Gasteiger partial charge is 0.379 e. The number of allylic oxidation sites excluding steroid dienone is 2. The molecule has 1 N–H and O–H groups in total. The van der Waals surface area contributed by atoms with Crippen molar-refractivity contribution in [2.45, 2.75) is 6.42 Å². The maximum atomic E-state index is 3.86. The second-order valence-corrected chi connectivity index (χ2v) is 2.70. The number of hydrogen-bond donors (Lipinski definition) is 1. The summed E-state index contributed by atoms with van der Waals surface area (Å²) < 4.78 is 1.88. The summed E-state index contributed by atoms with van der Waals surface area (Å²) in [5.74, 6) is 0. The second-order valence-electron chi connectivity index (χ2n) is 2.70. The molecule has 2 aliphatic rings. The van der Waals surface area contributed by atoms with Gasteiger partial charge in [0.05, 0.1) is 0 Å². The molecular weight excluding hydrogens is 136 g/mol. The zero-order valence-electron chi connectivity index (χ0n) is 6.38. The monoisotopic (exact) mass is 147 g/mol. The van der Waals surface area contributed by atoms with Gasteiger partial charge in [0.25, 0.3) is 0 Å². The highest BCUT2D eigenvalue weighted by molar-refractivity contribution is 5.35. The highest BCUT2D eigenvalue weighted by Crippen LogP contribution is 2.15. The Hall–Kier alpha value is -1.31. The first-order valence-electron chi connectivity index (χ1n) is 3.80. The van der Waals surface area contributed by atoms with Gasteiger partial charge in [-0.3, -0.25) is 0 Å². The van der Waals surface area contributed by atoms with Crippen molar-refractivity contribution in [3.05, 3.63) is 35.8 Å². The van der Waals surface area contributed by atoms with Gasteiger partial charge in [0, 0.05) is 18.7 Å². The summed E-state index contributed by atoms with van der Waals surface area (Å²) in [4.78, 5) is 0. The molecule has 0 aliphatic carbocycles. The Bertz CT molecular complexity index is 282. The van der Waals surface area contributed by atoms with Crippen molar-refractivity contribution in [2.75, 3.05) is 6.54 Å². The first kappa shape index (κ1) is 6.40. The van der Waals surface area contributed by atoms with E-state index in [1.54, 1.807) is 0 Å². The molecular formula is C9H11N2+. The minimum absolute atomic E-state index is 1.02. The molecule has 0 fully saturated rings. The zero-order valence-corrected chi connectivity index (χ0v) is 6.38. The first-order chi connectivity index (χ1) is 5.38. The molecule has 0 atom stereocenters. The molecule has 2 heteroatoms. The van der Waals surface area contributed by atoms with E-state index in [1.807, 2.05) is 10.8 Å². The summed E-state index contributed by atoms with van der Waals surface area (Å²) in [6.07, 6.45) is 9.39.